The number of aromatic amines is 1. The van der Waals surface area contributed by atoms with Crippen molar-refractivity contribution in [2.24, 2.45) is 0 Å². The number of hydrogen-bond acceptors (Lipinski definition) is 4. The fraction of sp³-hybridized carbons (Fsp3) is 0.312. The topological polar surface area (TPSA) is 90.8 Å². The first kappa shape index (κ1) is 16.5. The molecule has 1 heterocycles. The van der Waals surface area contributed by atoms with Crippen LogP contribution >= 0.6 is 0 Å². The number of carbonyl (C=O) groups excluding carboxylic acids is 1. The summed E-state index contributed by atoms with van der Waals surface area (Å²) in [4.78, 5) is 18.7. The monoisotopic (exact) mass is 316 g/mol. The quantitative estimate of drug-likeness (QED) is 0.910. The molecule has 120 valence electrons. The highest BCUT2D eigenvalue weighted by Gasteiger charge is 2.16. The van der Waals surface area contributed by atoms with Crippen LogP contribution in [0.2, 0.25) is 0 Å². The van der Waals surface area contributed by atoms with Crippen LogP contribution in [0.25, 0.3) is 11.3 Å². The van der Waals surface area contributed by atoms with Crippen LogP contribution in [0.1, 0.15) is 32.2 Å². The van der Waals surface area contributed by atoms with Gasteiger partial charge in [-0.3, -0.25) is 0 Å². The number of benzene rings is 1. The average molecular weight is 316 g/mol. The molecule has 1 amide bonds. The van der Waals surface area contributed by atoms with E-state index in [-0.39, 0.29) is 12.1 Å². The fourth-order valence-electron chi connectivity index (χ4n) is 1.84. The van der Waals surface area contributed by atoms with Crippen LogP contribution in [-0.2, 0) is 11.3 Å². The van der Waals surface area contributed by atoms with E-state index in [9.17, 15) is 9.18 Å². The highest BCUT2D eigenvalue weighted by Crippen LogP contribution is 2.20. The molecule has 0 saturated carbocycles. The lowest BCUT2D eigenvalue weighted by Crippen LogP contribution is -2.32. The minimum absolute atomic E-state index is 0.0175. The number of nitrogens with zero attached hydrogens (tertiary/aromatic N) is 2. The third kappa shape index (κ3) is 4.54. The molecular formula is C16H17FN4O2. The Balaban J connectivity index is 2.02. The van der Waals surface area contributed by atoms with Crippen LogP contribution in [0.4, 0.5) is 9.18 Å². The lowest BCUT2D eigenvalue weighted by molar-refractivity contribution is 0.0522. The standard InChI is InChI=1S/C16H17FN4O2/c1-16(2,3)23-15(22)20-9-14-19-8-13(21-14)10-4-5-11(7-18)12(17)6-10/h4-6,8H,9H2,1-3H3,(H,19,21)(H,20,22). The largest absolute Gasteiger partial charge is 0.444 e. The van der Waals surface area contributed by atoms with Gasteiger partial charge in [-0.15, -0.1) is 0 Å². The maximum atomic E-state index is 13.6. The lowest BCUT2D eigenvalue weighted by Gasteiger charge is -2.19. The fourth-order valence-corrected chi connectivity index (χ4v) is 1.84. The molecular weight excluding hydrogens is 299 g/mol. The number of ether oxygens (including phenoxy) is 1. The number of amides is 1. The molecule has 23 heavy (non-hydrogen) atoms. The van der Waals surface area contributed by atoms with Crippen LogP contribution in [0.3, 0.4) is 0 Å². The summed E-state index contributed by atoms with van der Waals surface area (Å²) in [5.41, 5.74) is 0.477. The predicted octanol–water partition coefficient (Wildman–Crippen LogP) is 3.11. The normalized spacial score (nSPS) is 10.9. The van der Waals surface area contributed by atoms with Crippen LogP contribution in [0.15, 0.2) is 24.4 Å². The van der Waals surface area contributed by atoms with E-state index in [2.05, 4.69) is 15.3 Å². The molecule has 7 heteroatoms. The van der Waals surface area contributed by atoms with Gasteiger partial charge in [0, 0.05) is 11.8 Å². The number of nitrogens with one attached hydrogen (secondary N) is 2. The molecule has 0 aliphatic rings. The van der Waals surface area contributed by atoms with Crippen molar-refractivity contribution < 1.29 is 13.9 Å². The summed E-state index contributed by atoms with van der Waals surface area (Å²) in [6.45, 7) is 5.48. The van der Waals surface area contributed by atoms with E-state index >= 15 is 0 Å². The van der Waals surface area contributed by atoms with E-state index < -0.39 is 17.5 Å². The summed E-state index contributed by atoms with van der Waals surface area (Å²) in [6.07, 6.45) is 1.06. The van der Waals surface area contributed by atoms with Gasteiger partial charge in [-0.05, 0) is 32.9 Å². The molecule has 0 unspecified atom stereocenters. The zero-order valence-corrected chi connectivity index (χ0v) is 13.1. The van der Waals surface area contributed by atoms with Gasteiger partial charge in [0.05, 0.1) is 17.8 Å². The Kier molecular flexibility index (Phi) is 4.65. The Morgan fingerprint density at radius 1 is 1.48 bits per heavy atom. The van der Waals surface area contributed by atoms with E-state index in [4.69, 9.17) is 10.00 Å². The molecule has 1 aromatic heterocycles. The molecule has 0 aliphatic heterocycles. The summed E-state index contributed by atoms with van der Waals surface area (Å²) in [6, 6.07) is 6.03. The molecule has 0 radical (unpaired) electrons. The molecule has 2 rings (SSSR count). The van der Waals surface area contributed by atoms with E-state index in [0.717, 1.165) is 0 Å². The summed E-state index contributed by atoms with van der Waals surface area (Å²) in [5, 5.41) is 11.3. The molecule has 0 fully saturated rings. The van der Waals surface area contributed by atoms with Gasteiger partial charge in [0.25, 0.3) is 0 Å². The van der Waals surface area contributed by atoms with Crippen molar-refractivity contribution in [1.82, 2.24) is 15.3 Å². The van der Waals surface area contributed by atoms with Crippen molar-refractivity contribution in [3.63, 3.8) is 0 Å². The van der Waals surface area contributed by atoms with Crippen molar-refractivity contribution in [3.8, 4) is 17.3 Å². The zero-order chi connectivity index (χ0) is 17.0. The highest BCUT2D eigenvalue weighted by atomic mass is 19.1. The number of nitriles is 1. The minimum Gasteiger partial charge on any atom is -0.444 e. The predicted molar refractivity (Wildman–Crippen MR) is 81.8 cm³/mol. The molecule has 0 atom stereocenters. The lowest BCUT2D eigenvalue weighted by atomic mass is 10.1. The number of halogens is 1. The van der Waals surface area contributed by atoms with Crippen molar-refractivity contribution in [2.45, 2.75) is 32.9 Å². The molecule has 0 bridgehead atoms. The van der Waals surface area contributed by atoms with Crippen LogP contribution in [0.5, 0.6) is 0 Å². The summed E-state index contributed by atoms with van der Waals surface area (Å²) >= 11 is 0. The molecule has 0 saturated heterocycles. The number of rotatable bonds is 3. The maximum absolute atomic E-state index is 13.6. The zero-order valence-electron chi connectivity index (χ0n) is 13.1. The van der Waals surface area contributed by atoms with Crippen LogP contribution in [-0.4, -0.2) is 21.7 Å². The van der Waals surface area contributed by atoms with Crippen LogP contribution < -0.4 is 5.32 Å². The third-order valence-electron chi connectivity index (χ3n) is 2.82. The Labute approximate surface area is 133 Å². The van der Waals surface area contributed by atoms with Gasteiger partial charge in [0.2, 0.25) is 0 Å². The molecule has 2 aromatic rings. The van der Waals surface area contributed by atoms with Crippen molar-refractivity contribution in [2.75, 3.05) is 0 Å². The summed E-state index contributed by atoms with van der Waals surface area (Å²) < 4.78 is 18.7. The number of hydrogen-bond donors (Lipinski definition) is 2. The molecule has 1 aromatic carbocycles. The Bertz CT molecular complexity index is 756. The van der Waals surface area contributed by atoms with E-state index in [0.29, 0.717) is 17.1 Å². The number of aromatic nitrogens is 2. The van der Waals surface area contributed by atoms with Crippen LogP contribution in [0, 0.1) is 17.1 Å². The number of alkyl carbamates (subject to hydrolysis) is 1. The number of H-pyrrole nitrogens is 1. The van der Waals surface area contributed by atoms with E-state index in [1.54, 1.807) is 39.1 Å². The molecule has 0 aliphatic carbocycles. The Morgan fingerprint density at radius 2 is 2.22 bits per heavy atom. The van der Waals surface area contributed by atoms with Crippen molar-refractivity contribution in [1.29, 1.82) is 5.26 Å². The smallest absolute Gasteiger partial charge is 0.408 e. The molecule has 0 spiro atoms. The van der Waals surface area contributed by atoms with Crippen molar-refractivity contribution in [3.05, 3.63) is 41.6 Å². The van der Waals surface area contributed by atoms with Gasteiger partial charge in [-0.2, -0.15) is 5.26 Å². The third-order valence-corrected chi connectivity index (χ3v) is 2.82. The summed E-state index contributed by atoms with van der Waals surface area (Å²) in [7, 11) is 0. The van der Waals surface area contributed by atoms with Gasteiger partial charge < -0.3 is 15.0 Å². The minimum atomic E-state index is -0.596. The van der Waals surface area contributed by atoms with Crippen molar-refractivity contribution >= 4 is 6.09 Å². The highest BCUT2D eigenvalue weighted by molar-refractivity contribution is 5.67. The van der Waals surface area contributed by atoms with Gasteiger partial charge in [-0.1, -0.05) is 6.07 Å². The average Bonchev–Trinajstić information content (AvgIpc) is 2.92. The first-order chi connectivity index (χ1) is 10.8. The van der Waals surface area contributed by atoms with Gasteiger partial charge in [0.1, 0.15) is 23.3 Å². The molecule has 6 nitrogen and oxygen atoms in total. The van der Waals surface area contributed by atoms with E-state index in [1.165, 1.54) is 12.1 Å². The van der Waals surface area contributed by atoms with Gasteiger partial charge in [-0.25, -0.2) is 14.2 Å². The second-order valence-corrected chi connectivity index (χ2v) is 5.89. The summed E-state index contributed by atoms with van der Waals surface area (Å²) in [5.74, 6) is -0.0861. The first-order valence-corrected chi connectivity index (χ1v) is 6.99. The number of carbonyl (C=O) groups is 1. The van der Waals surface area contributed by atoms with Gasteiger partial charge >= 0.3 is 6.09 Å². The Morgan fingerprint density at radius 3 is 2.83 bits per heavy atom. The SMILES string of the molecule is CC(C)(C)OC(=O)NCc1nc(-c2ccc(C#N)c(F)c2)c[nH]1. The first-order valence-electron chi connectivity index (χ1n) is 6.99. The van der Waals surface area contributed by atoms with E-state index in [1.807, 2.05) is 0 Å². The number of imidazole rings is 1. The van der Waals surface area contributed by atoms with Gasteiger partial charge in [0.15, 0.2) is 0 Å². The molecule has 2 N–H and O–H groups in total. The second kappa shape index (κ2) is 6.48. The second-order valence-electron chi connectivity index (χ2n) is 5.89. The maximum Gasteiger partial charge on any atom is 0.408 e. The Hall–Kier alpha value is -2.88.